The summed E-state index contributed by atoms with van der Waals surface area (Å²) >= 11 is 0. The summed E-state index contributed by atoms with van der Waals surface area (Å²) in [5.74, 6) is 0.726. The van der Waals surface area contributed by atoms with Crippen molar-refractivity contribution in [1.82, 2.24) is 15.5 Å². The van der Waals surface area contributed by atoms with Gasteiger partial charge in [0.15, 0.2) is 0 Å². The summed E-state index contributed by atoms with van der Waals surface area (Å²) in [5, 5.41) is 16.7. The van der Waals surface area contributed by atoms with Gasteiger partial charge < -0.3 is 20.3 Å². The van der Waals surface area contributed by atoms with E-state index in [1.54, 1.807) is 23.1 Å². The molecular formula is C34H38N4O3. The summed E-state index contributed by atoms with van der Waals surface area (Å²) in [6.45, 7) is 1.73. The molecule has 0 spiro atoms. The van der Waals surface area contributed by atoms with Crippen LogP contribution in [0.15, 0.2) is 84.9 Å². The highest BCUT2D eigenvalue weighted by Gasteiger charge is 2.45. The molecule has 1 aliphatic carbocycles. The van der Waals surface area contributed by atoms with Crippen LogP contribution < -0.4 is 15.4 Å². The molecule has 2 N–H and O–H groups in total. The topological polar surface area (TPSA) is 94.5 Å². The Bertz CT molecular complexity index is 1340. The Kier molecular flexibility index (Phi) is 9.33. The van der Waals surface area contributed by atoms with E-state index in [0.717, 1.165) is 37.7 Å². The number of nitrogens with zero attached hydrogens (tertiary/aromatic N) is 2. The van der Waals surface area contributed by atoms with E-state index >= 15 is 0 Å². The number of carbonyl (C=O) groups is 2. The Morgan fingerprint density at radius 3 is 2.37 bits per heavy atom. The van der Waals surface area contributed by atoms with Gasteiger partial charge in [0.1, 0.15) is 17.0 Å². The van der Waals surface area contributed by atoms with E-state index in [0.29, 0.717) is 43.1 Å². The third-order valence-corrected chi connectivity index (χ3v) is 8.40. The maximum Gasteiger partial charge on any atom is 0.251 e. The molecule has 0 aromatic heterocycles. The van der Waals surface area contributed by atoms with Gasteiger partial charge in [0.2, 0.25) is 5.91 Å². The van der Waals surface area contributed by atoms with Gasteiger partial charge in [0.05, 0.1) is 12.0 Å². The Hall–Kier alpha value is -4.15. The lowest BCUT2D eigenvalue weighted by atomic mass is 9.78. The first kappa shape index (κ1) is 28.4. The minimum atomic E-state index is -0.910. The molecule has 1 saturated heterocycles. The third kappa shape index (κ3) is 6.96. The third-order valence-electron chi connectivity index (χ3n) is 8.40. The molecule has 2 atom stereocenters. The van der Waals surface area contributed by atoms with Crippen LogP contribution in [0.2, 0.25) is 0 Å². The van der Waals surface area contributed by atoms with Crippen molar-refractivity contribution in [1.29, 1.82) is 5.26 Å². The Balaban J connectivity index is 1.36. The molecule has 3 aromatic rings. The summed E-state index contributed by atoms with van der Waals surface area (Å²) in [7, 11) is 0. The largest absolute Gasteiger partial charge is 0.457 e. The fraction of sp³-hybridized carbons (Fsp3) is 0.382. The standard InChI is InChI=1S/C34H38N4O3/c35-24-34(19-20-36-25-34)38(23-26-11-4-1-5-12-26)33(40)31(27-13-6-2-7-14-27)22-37-32(39)28-15-10-18-30(21-28)41-29-16-8-3-9-17-29/h1,3-5,8-12,15-18,21,27,31,36H,2,6-7,13-14,19-20,22-23,25H2,(H,37,39). The first-order valence-electron chi connectivity index (χ1n) is 14.7. The van der Waals surface area contributed by atoms with Gasteiger partial charge >= 0.3 is 0 Å². The summed E-state index contributed by atoms with van der Waals surface area (Å²) in [5.41, 5.74) is 0.555. The molecule has 0 radical (unpaired) electrons. The van der Waals surface area contributed by atoms with Crippen LogP contribution in [0, 0.1) is 23.2 Å². The normalized spacial score (nSPS) is 19.6. The van der Waals surface area contributed by atoms with Crippen molar-refractivity contribution >= 4 is 11.8 Å². The van der Waals surface area contributed by atoms with Gasteiger partial charge in [-0.3, -0.25) is 9.59 Å². The second kappa shape index (κ2) is 13.5. The molecule has 7 nitrogen and oxygen atoms in total. The van der Waals surface area contributed by atoms with Crippen LogP contribution >= 0.6 is 0 Å². The van der Waals surface area contributed by atoms with Gasteiger partial charge in [-0.25, -0.2) is 0 Å². The molecule has 0 bridgehead atoms. The van der Waals surface area contributed by atoms with Crippen molar-refractivity contribution < 1.29 is 14.3 Å². The Morgan fingerprint density at radius 1 is 0.976 bits per heavy atom. The molecule has 1 heterocycles. The van der Waals surface area contributed by atoms with Gasteiger partial charge in [-0.2, -0.15) is 5.26 Å². The quantitative estimate of drug-likeness (QED) is 0.338. The molecule has 2 aliphatic rings. The lowest BCUT2D eigenvalue weighted by molar-refractivity contribution is -0.142. The molecule has 3 aromatic carbocycles. The van der Waals surface area contributed by atoms with Gasteiger partial charge in [-0.1, -0.05) is 73.9 Å². The number of rotatable bonds is 10. The number of nitriles is 1. The first-order valence-corrected chi connectivity index (χ1v) is 14.7. The number of para-hydroxylation sites is 1. The zero-order valence-electron chi connectivity index (χ0n) is 23.4. The average Bonchev–Trinajstić information content (AvgIpc) is 3.52. The summed E-state index contributed by atoms with van der Waals surface area (Å²) in [4.78, 5) is 29.6. The van der Waals surface area contributed by atoms with Gasteiger partial charge in [-0.05, 0) is 67.6 Å². The Labute approximate surface area is 242 Å². The fourth-order valence-corrected chi connectivity index (χ4v) is 6.09. The van der Waals surface area contributed by atoms with Crippen LogP contribution in [0.5, 0.6) is 11.5 Å². The maximum absolute atomic E-state index is 14.5. The molecule has 1 aliphatic heterocycles. The number of hydrogen-bond donors (Lipinski definition) is 2. The van der Waals surface area contributed by atoms with E-state index < -0.39 is 11.5 Å². The van der Waals surface area contributed by atoms with E-state index in [1.807, 2.05) is 66.7 Å². The average molecular weight is 551 g/mol. The zero-order valence-corrected chi connectivity index (χ0v) is 23.4. The number of carbonyl (C=O) groups excluding carboxylic acids is 2. The first-order chi connectivity index (χ1) is 20.1. The lowest BCUT2D eigenvalue weighted by Gasteiger charge is -2.40. The van der Waals surface area contributed by atoms with Gasteiger partial charge in [-0.15, -0.1) is 0 Å². The predicted octanol–water partition coefficient (Wildman–Crippen LogP) is 5.69. The van der Waals surface area contributed by atoms with E-state index in [2.05, 4.69) is 16.7 Å². The van der Waals surface area contributed by atoms with Crippen LogP contribution in [-0.2, 0) is 11.3 Å². The van der Waals surface area contributed by atoms with E-state index in [4.69, 9.17) is 4.74 Å². The maximum atomic E-state index is 14.5. The second-order valence-corrected chi connectivity index (χ2v) is 11.1. The smallest absolute Gasteiger partial charge is 0.251 e. The summed E-state index contributed by atoms with van der Waals surface area (Å²) in [6.07, 6.45) is 5.79. The number of hydrogen-bond acceptors (Lipinski definition) is 5. The number of benzene rings is 3. The van der Waals surface area contributed by atoms with Crippen molar-refractivity contribution in [2.24, 2.45) is 11.8 Å². The molecule has 41 heavy (non-hydrogen) atoms. The van der Waals surface area contributed by atoms with E-state index in [1.165, 1.54) is 0 Å². The van der Waals surface area contributed by atoms with Crippen LogP contribution in [0.1, 0.15) is 54.4 Å². The highest BCUT2D eigenvalue weighted by Crippen LogP contribution is 2.34. The molecule has 2 amide bonds. The highest BCUT2D eigenvalue weighted by atomic mass is 16.5. The molecule has 1 saturated carbocycles. The van der Waals surface area contributed by atoms with Gasteiger partial charge in [0, 0.05) is 25.2 Å². The van der Waals surface area contributed by atoms with Crippen molar-refractivity contribution in [3.63, 3.8) is 0 Å². The SMILES string of the molecule is N#CC1(N(Cc2ccccc2)C(=O)C(CNC(=O)c2cccc(Oc3ccccc3)c2)C2CCCCC2)CCNC1. The molecule has 7 heteroatoms. The number of nitrogens with one attached hydrogen (secondary N) is 2. The number of amides is 2. The second-order valence-electron chi connectivity index (χ2n) is 11.1. The predicted molar refractivity (Wildman–Crippen MR) is 158 cm³/mol. The lowest BCUT2D eigenvalue weighted by Crippen LogP contribution is -2.56. The van der Waals surface area contributed by atoms with E-state index in [-0.39, 0.29) is 24.3 Å². The van der Waals surface area contributed by atoms with E-state index in [9.17, 15) is 14.9 Å². The molecule has 5 rings (SSSR count). The Morgan fingerprint density at radius 2 is 1.68 bits per heavy atom. The highest BCUT2D eigenvalue weighted by molar-refractivity contribution is 5.95. The van der Waals surface area contributed by atoms with Crippen molar-refractivity contribution in [3.8, 4) is 17.6 Å². The minimum absolute atomic E-state index is 0.0486. The van der Waals surface area contributed by atoms with Crippen LogP contribution in [0.3, 0.4) is 0 Å². The zero-order chi connectivity index (χ0) is 28.5. The minimum Gasteiger partial charge on any atom is -0.457 e. The molecule has 212 valence electrons. The summed E-state index contributed by atoms with van der Waals surface area (Å²) in [6, 6.07) is 28.9. The van der Waals surface area contributed by atoms with Crippen LogP contribution in [0.25, 0.3) is 0 Å². The van der Waals surface area contributed by atoms with Crippen molar-refractivity contribution in [2.45, 2.75) is 50.6 Å². The fourth-order valence-electron chi connectivity index (χ4n) is 6.09. The number of ether oxygens (including phenoxy) is 1. The van der Waals surface area contributed by atoms with Gasteiger partial charge in [0.25, 0.3) is 5.91 Å². The van der Waals surface area contributed by atoms with Crippen LogP contribution in [-0.4, -0.2) is 41.9 Å². The molecule has 2 fully saturated rings. The summed E-state index contributed by atoms with van der Waals surface area (Å²) < 4.78 is 5.92. The molecular weight excluding hydrogens is 512 g/mol. The monoisotopic (exact) mass is 550 g/mol. The van der Waals surface area contributed by atoms with Crippen molar-refractivity contribution in [2.75, 3.05) is 19.6 Å². The van der Waals surface area contributed by atoms with Crippen molar-refractivity contribution in [3.05, 3.63) is 96.1 Å². The molecule has 2 unspecified atom stereocenters. The van der Waals surface area contributed by atoms with Crippen LogP contribution in [0.4, 0.5) is 0 Å².